The molecule has 0 atom stereocenters. The molecular weight excluding hydrogens is 243 g/mol. The van der Waals surface area contributed by atoms with Crippen molar-refractivity contribution in [2.75, 3.05) is 0 Å². The van der Waals surface area contributed by atoms with Gasteiger partial charge >= 0.3 is 0 Å². The fourth-order valence-electron chi connectivity index (χ4n) is 2.05. The number of ketones is 1. The first-order valence-electron chi connectivity index (χ1n) is 4.82. The molecule has 0 heterocycles. The molecule has 0 bridgehead atoms. The second-order valence-corrected chi connectivity index (χ2v) is 4.44. The molecule has 0 saturated heterocycles. The van der Waals surface area contributed by atoms with Gasteiger partial charge in [-0.25, -0.2) is 0 Å². The van der Waals surface area contributed by atoms with Crippen LogP contribution < -0.4 is 0 Å². The first kappa shape index (κ1) is 9.88. The molecule has 3 rings (SSSR count). The Labute approximate surface area is 103 Å². The van der Waals surface area contributed by atoms with Crippen LogP contribution in [0, 0.1) is 0 Å². The molecule has 1 aliphatic carbocycles. The van der Waals surface area contributed by atoms with E-state index in [1.807, 2.05) is 30.3 Å². The fraction of sp³-hybridized carbons (Fsp3) is 0. The van der Waals surface area contributed by atoms with Gasteiger partial charge in [0.15, 0.2) is 5.78 Å². The molecular formula is C13H6Cl2O. The van der Waals surface area contributed by atoms with E-state index in [0.717, 1.165) is 11.1 Å². The second-order valence-electron chi connectivity index (χ2n) is 3.66. The lowest BCUT2D eigenvalue weighted by atomic mass is 10.1. The molecule has 0 aliphatic heterocycles. The second kappa shape index (κ2) is 3.34. The Bertz CT molecular complexity index is 617. The van der Waals surface area contributed by atoms with Crippen molar-refractivity contribution in [3.05, 3.63) is 57.6 Å². The number of benzene rings is 2. The van der Waals surface area contributed by atoms with Crippen LogP contribution in [-0.4, -0.2) is 5.78 Å². The lowest BCUT2D eigenvalue weighted by Crippen LogP contribution is -1.96. The van der Waals surface area contributed by atoms with Crippen LogP contribution in [0.1, 0.15) is 15.9 Å². The lowest BCUT2D eigenvalue weighted by molar-refractivity contribution is 0.104. The van der Waals surface area contributed by atoms with Crippen LogP contribution in [0.5, 0.6) is 0 Å². The molecule has 78 valence electrons. The van der Waals surface area contributed by atoms with Gasteiger partial charge in [-0.3, -0.25) is 4.79 Å². The zero-order valence-corrected chi connectivity index (χ0v) is 9.64. The predicted octanol–water partition coefficient (Wildman–Crippen LogP) is 4.20. The van der Waals surface area contributed by atoms with Crippen LogP contribution in [0.3, 0.4) is 0 Å². The number of hydrogen-bond donors (Lipinski definition) is 0. The first-order valence-corrected chi connectivity index (χ1v) is 5.58. The summed E-state index contributed by atoms with van der Waals surface area (Å²) in [4.78, 5) is 12.1. The minimum absolute atomic E-state index is 0.0434. The SMILES string of the molecule is O=C1c2ccccc2-c2ccc(Cl)c(Cl)c21. The number of carbonyl (C=O) groups excluding carboxylic acids is 1. The van der Waals surface area contributed by atoms with E-state index in [1.165, 1.54) is 0 Å². The molecule has 2 aromatic carbocycles. The highest BCUT2D eigenvalue weighted by atomic mass is 35.5. The van der Waals surface area contributed by atoms with E-state index in [9.17, 15) is 4.79 Å². The quantitative estimate of drug-likeness (QED) is 0.583. The van der Waals surface area contributed by atoms with Crippen molar-refractivity contribution >= 4 is 29.0 Å². The molecule has 2 aromatic rings. The standard InChI is InChI=1S/C13H6Cl2O/c14-10-6-5-8-7-3-1-2-4-9(7)13(16)11(8)12(10)15/h1-6H. The van der Waals surface area contributed by atoms with E-state index < -0.39 is 0 Å². The normalized spacial score (nSPS) is 12.5. The van der Waals surface area contributed by atoms with Gasteiger partial charge in [0.05, 0.1) is 15.6 Å². The Morgan fingerprint density at radius 3 is 2.25 bits per heavy atom. The first-order chi connectivity index (χ1) is 7.70. The van der Waals surface area contributed by atoms with Gasteiger partial charge in [-0.2, -0.15) is 0 Å². The molecule has 0 unspecified atom stereocenters. The van der Waals surface area contributed by atoms with E-state index >= 15 is 0 Å². The van der Waals surface area contributed by atoms with Crippen LogP contribution >= 0.6 is 23.2 Å². The van der Waals surface area contributed by atoms with Crippen molar-refractivity contribution in [2.24, 2.45) is 0 Å². The summed E-state index contributed by atoms with van der Waals surface area (Å²) in [6.45, 7) is 0. The van der Waals surface area contributed by atoms with Crippen LogP contribution in [0.4, 0.5) is 0 Å². The topological polar surface area (TPSA) is 17.1 Å². The number of hydrogen-bond acceptors (Lipinski definition) is 1. The smallest absolute Gasteiger partial charge is 0.195 e. The van der Waals surface area contributed by atoms with Crippen molar-refractivity contribution in [1.29, 1.82) is 0 Å². The van der Waals surface area contributed by atoms with E-state index in [2.05, 4.69) is 0 Å². The highest BCUT2D eigenvalue weighted by Gasteiger charge is 2.29. The summed E-state index contributed by atoms with van der Waals surface area (Å²) in [5, 5.41) is 0.766. The van der Waals surface area contributed by atoms with Crippen molar-refractivity contribution in [2.45, 2.75) is 0 Å². The van der Waals surface area contributed by atoms with Crippen molar-refractivity contribution in [3.8, 4) is 11.1 Å². The summed E-state index contributed by atoms with van der Waals surface area (Å²) in [6, 6.07) is 11.0. The zero-order chi connectivity index (χ0) is 11.3. The largest absolute Gasteiger partial charge is 0.289 e. The summed E-state index contributed by atoms with van der Waals surface area (Å²) >= 11 is 12.0. The third-order valence-corrected chi connectivity index (χ3v) is 3.59. The summed E-state index contributed by atoms with van der Waals surface area (Å²) in [7, 11) is 0. The van der Waals surface area contributed by atoms with Gasteiger partial charge in [0.25, 0.3) is 0 Å². The Hall–Kier alpha value is -1.31. The third kappa shape index (κ3) is 1.16. The number of rotatable bonds is 0. The molecule has 0 fully saturated rings. The van der Waals surface area contributed by atoms with E-state index in [1.54, 1.807) is 6.07 Å². The van der Waals surface area contributed by atoms with Gasteiger partial charge < -0.3 is 0 Å². The van der Waals surface area contributed by atoms with Crippen molar-refractivity contribution in [1.82, 2.24) is 0 Å². The summed E-state index contributed by atoms with van der Waals surface area (Å²) < 4.78 is 0. The van der Waals surface area contributed by atoms with Crippen molar-refractivity contribution in [3.63, 3.8) is 0 Å². The average Bonchev–Trinajstić information content (AvgIpc) is 2.59. The summed E-state index contributed by atoms with van der Waals surface area (Å²) in [6.07, 6.45) is 0. The molecule has 16 heavy (non-hydrogen) atoms. The zero-order valence-electron chi connectivity index (χ0n) is 8.13. The van der Waals surface area contributed by atoms with Crippen LogP contribution in [0.15, 0.2) is 36.4 Å². The van der Waals surface area contributed by atoms with E-state index in [4.69, 9.17) is 23.2 Å². The molecule has 1 aliphatic rings. The Balaban J connectivity index is 2.42. The number of halogens is 2. The monoisotopic (exact) mass is 248 g/mol. The lowest BCUT2D eigenvalue weighted by Gasteiger charge is -2.02. The van der Waals surface area contributed by atoms with E-state index in [0.29, 0.717) is 21.2 Å². The average molecular weight is 249 g/mol. The van der Waals surface area contributed by atoms with Gasteiger partial charge in [-0.15, -0.1) is 0 Å². The number of carbonyl (C=O) groups is 1. The highest BCUT2D eigenvalue weighted by Crippen LogP contribution is 2.42. The maximum absolute atomic E-state index is 12.1. The van der Waals surface area contributed by atoms with Crippen LogP contribution in [0.25, 0.3) is 11.1 Å². The molecule has 0 saturated carbocycles. The minimum atomic E-state index is -0.0434. The Morgan fingerprint density at radius 1 is 0.812 bits per heavy atom. The maximum Gasteiger partial charge on any atom is 0.195 e. The van der Waals surface area contributed by atoms with Gasteiger partial charge in [-0.1, -0.05) is 53.5 Å². The third-order valence-electron chi connectivity index (χ3n) is 2.78. The van der Waals surface area contributed by atoms with Crippen LogP contribution in [0.2, 0.25) is 10.0 Å². The Kier molecular flexibility index (Phi) is 2.06. The van der Waals surface area contributed by atoms with E-state index in [-0.39, 0.29) is 5.78 Å². The minimum Gasteiger partial charge on any atom is -0.289 e. The fourth-order valence-corrected chi connectivity index (χ4v) is 2.46. The van der Waals surface area contributed by atoms with Crippen molar-refractivity contribution < 1.29 is 4.79 Å². The highest BCUT2D eigenvalue weighted by molar-refractivity contribution is 6.45. The molecule has 0 aromatic heterocycles. The molecule has 3 heteroatoms. The molecule has 0 N–H and O–H groups in total. The molecule has 0 radical (unpaired) electrons. The maximum atomic E-state index is 12.1. The van der Waals surface area contributed by atoms with Crippen LogP contribution in [-0.2, 0) is 0 Å². The predicted molar refractivity (Wildman–Crippen MR) is 65.3 cm³/mol. The summed E-state index contributed by atoms with van der Waals surface area (Å²) in [5.41, 5.74) is 3.02. The van der Waals surface area contributed by atoms with Gasteiger partial charge in [0, 0.05) is 5.56 Å². The Morgan fingerprint density at radius 2 is 1.50 bits per heavy atom. The van der Waals surface area contributed by atoms with Gasteiger partial charge in [0.2, 0.25) is 0 Å². The van der Waals surface area contributed by atoms with Gasteiger partial charge in [-0.05, 0) is 17.2 Å². The molecule has 0 spiro atoms. The molecule has 0 amide bonds. The van der Waals surface area contributed by atoms with Gasteiger partial charge in [0.1, 0.15) is 0 Å². The summed E-state index contributed by atoms with van der Waals surface area (Å²) in [5.74, 6) is -0.0434. The molecule has 1 nitrogen and oxygen atoms in total. The number of fused-ring (bicyclic) bond motifs is 3.